The first-order valence-electron chi connectivity index (χ1n) is 8.29. The van der Waals surface area contributed by atoms with Crippen LogP contribution in [0.3, 0.4) is 0 Å². The molecule has 3 aromatic rings. The van der Waals surface area contributed by atoms with Crippen LogP contribution in [0, 0.1) is 12.7 Å². The summed E-state index contributed by atoms with van der Waals surface area (Å²) in [5.74, 6) is -0.359. The van der Waals surface area contributed by atoms with Crippen LogP contribution in [-0.2, 0) is 0 Å². The zero-order valence-corrected chi connectivity index (χ0v) is 14.1. The molecule has 126 valence electrons. The highest BCUT2D eigenvalue weighted by Crippen LogP contribution is 2.24. The number of aryl methyl sites for hydroxylation is 1. The number of ketones is 1. The zero-order valence-electron chi connectivity index (χ0n) is 14.1. The maximum Gasteiger partial charge on any atom is 0.165 e. The predicted octanol–water partition coefficient (Wildman–Crippen LogP) is 5.56. The molecule has 25 heavy (non-hydrogen) atoms. The van der Waals surface area contributed by atoms with Gasteiger partial charge in [-0.1, -0.05) is 48.0 Å². The normalized spacial score (nSPS) is 11.8. The van der Waals surface area contributed by atoms with Crippen molar-refractivity contribution in [3.63, 3.8) is 0 Å². The molecule has 0 aromatic heterocycles. The van der Waals surface area contributed by atoms with E-state index in [9.17, 15) is 9.18 Å². The molecule has 3 heteroatoms. The molecule has 1 N–H and O–H groups in total. The molecule has 0 saturated heterocycles. The van der Waals surface area contributed by atoms with Gasteiger partial charge in [0.2, 0.25) is 0 Å². The van der Waals surface area contributed by atoms with Crippen molar-refractivity contribution < 1.29 is 9.18 Å². The van der Waals surface area contributed by atoms with Crippen molar-refractivity contribution >= 4 is 11.5 Å². The van der Waals surface area contributed by atoms with Crippen LogP contribution < -0.4 is 5.32 Å². The average molecular weight is 333 g/mol. The van der Waals surface area contributed by atoms with Gasteiger partial charge in [-0.3, -0.25) is 4.79 Å². The largest absolute Gasteiger partial charge is 0.378 e. The Bertz CT molecular complexity index is 826. The topological polar surface area (TPSA) is 29.1 Å². The summed E-state index contributed by atoms with van der Waals surface area (Å²) in [7, 11) is 0. The maximum atomic E-state index is 13.1. The summed E-state index contributed by atoms with van der Waals surface area (Å²) in [4.78, 5) is 12.6. The van der Waals surface area contributed by atoms with Gasteiger partial charge in [0.25, 0.3) is 0 Å². The molecule has 1 atom stereocenters. The predicted molar refractivity (Wildman–Crippen MR) is 99.3 cm³/mol. The summed E-state index contributed by atoms with van der Waals surface area (Å²) in [5, 5.41) is 3.44. The fourth-order valence-corrected chi connectivity index (χ4v) is 2.73. The van der Waals surface area contributed by atoms with Crippen molar-refractivity contribution in [1.29, 1.82) is 0 Å². The van der Waals surface area contributed by atoms with Gasteiger partial charge < -0.3 is 5.32 Å². The van der Waals surface area contributed by atoms with E-state index in [1.807, 2.05) is 61.5 Å². The lowest BCUT2D eigenvalue weighted by atomic mass is 9.97. The molecule has 0 aliphatic heterocycles. The van der Waals surface area contributed by atoms with E-state index < -0.39 is 0 Å². The van der Waals surface area contributed by atoms with E-state index in [0.29, 0.717) is 12.0 Å². The van der Waals surface area contributed by atoms with Crippen LogP contribution in [0.2, 0.25) is 0 Å². The number of benzene rings is 3. The summed E-state index contributed by atoms with van der Waals surface area (Å²) >= 11 is 0. The number of carbonyl (C=O) groups excluding carboxylic acids is 1. The van der Waals surface area contributed by atoms with Crippen LogP contribution in [0.5, 0.6) is 0 Å². The molecule has 3 aromatic carbocycles. The molecule has 0 aliphatic carbocycles. The summed E-state index contributed by atoms with van der Waals surface area (Å²) in [6.45, 7) is 2.04. The van der Waals surface area contributed by atoms with E-state index in [1.165, 1.54) is 29.8 Å². The molecule has 2 nitrogen and oxygen atoms in total. The molecule has 0 spiro atoms. The number of carbonyl (C=O) groups is 1. The zero-order chi connectivity index (χ0) is 17.6. The number of anilines is 1. The Morgan fingerprint density at radius 1 is 0.920 bits per heavy atom. The second kappa shape index (κ2) is 7.75. The minimum atomic E-state index is -0.339. The van der Waals surface area contributed by atoms with Crippen LogP contribution >= 0.6 is 0 Å². The number of Topliss-reactive ketones (excluding diaryl/α,β-unsaturated/α-hetero) is 1. The smallest absolute Gasteiger partial charge is 0.165 e. The van der Waals surface area contributed by atoms with Gasteiger partial charge >= 0.3 is 0 Å². The highest BCUT2D eigenvalue weighted by atomic mass is 19.1. The van der Waals surface area contributed by atoms with Gasteiger partial charge in [-0.05, 0) is 48.9 Å². The molecule has 0 saturated carbocycles. The van der Waals surface area contributed by atoms with Crippen molar-refractivity contribution in [2.45, 2.75) is 19.4 Å². The third kappa shape index (κ3) is 4.54. The first-order valence-corrected chi connectivity index (χ1v) is 8.29. The van der Waals surface area contributed by atoms with Crippen molar-refractivity contribution in [3.05, 3.63) is 101 Å². The van der Waals surface area contributed by atoms with Crippen molar-refractivity contribution in [3.8, 4) is 0 Å². The molecular formula is C22H20FNO. The van der Waals surface area contributed by atoms with Crippen LogP contribution in [0.15, 0.2) is 78.9 Å². The van der Waals surface area contributed by atoms with E-state index >= 15 is 0 Å². The molecule has 0 amide bonds. The summed E-state index contributed by atoms with van der Waals surface area (Å²) in [5.41, 5.74) is 3.71. The molecule has 0 fully saturated rings. The highest BCUT2D eigenvalue weighted by molar-refractivity contribution is 5.96. The summed E-state index contributed by atoms with van der Waals surface area (Å²) < 4.78 is 13.1. The third-order valence-corrected chi connectivity index (χ3v) is 4.15. The molecule has 0 radical (unpaired) electrons. The third-order valence-electron chi connectivity index (χ3n) is 4.15. The lowest BCUT2D eigenvalue weighted by molar-refractivity contribution is 0.0976. The van der Waals surface area contributed by atoms with Crippen LogP contribution in [0.4, 0.5) is 10.1 Å². The van der Waals surface area contributed by atoms with Crippen LogP contribution in [0.25, 0.3) is 0 Å². The second-order valence-corrected chi connectivity index (χ2v) is 6.11. The molecule has 0 bridgehead atoms. The van der Waals surface area contributed by atoms with Crippen molar-refractivity contribution in [1.82, 2.24) is 0 Å². The molecule has 3 rings (SSSR count). The minimum absolute atomic E-state index is 0.0199. The van der Waals surface area contributed by atoms with Crippen molar-refractivity contribution in [2.24, 2.45) is 0 Å². The van der Waals surface area contributed by atoms with E-state index in [4.69, 9.17) is 0 Å². The number of nitrogens with one attached hydrogen (secondary N) is 1. The minimum Gasteiger partial charge on any atom is -0.378 e. The first kappa shape index (κ1) is 16.9. The molecule has 0 aliphatic rings. The first-order chi connectivity index (χ1) is 12.1. The Morgan fingerprint density at radius 3 is 2.20 bits per heavy atom. The Balaban J connectivity index is 1.82. The fourth-order valence-electron chi connectivity index (χ4n) is 2.73. The Labute approximate surface area is 147 Å². The van der Waals surface area contributed by atoms with Gasteiger partial charge in [-0.25, -0.2) is 4.39 Å². The molecule has 1 unspecified atom stereocenters. The van der Waals surface area contributed by atoms with E-state index in [2.05, 4.69) is 5.32 Å². The fraction of sp³-hybridized carbons (Fsp3) is 0.136. The van der Waals surface area contributed by atoms with Crippen LogP contribution in [0.1, 0.15) is 33.9 Å². The lowest BCUT2D eigenvalue weighted by Gasteiger charge is -2.20. The number of halogens is 1. The highest BCUT2D eigenvalue weighted by Gasteiger charge is 2.17. The summed E-state index contributed by atoms with van der Waals surface area (Å²) in [6.07, 6.45) is 0.295. The molecular weight excluding hydrogens is 313 g/mol. The van der Waals surface area contributed by atoms with Gasteiger partial charge in [0.05, 0.1) is 6.04 Å². The quantitative estimate of drug-likeness (QED) is 0.598. The second-order valence-electron chi connectivity index (χ2n) is 6.11. The van der Waals surface area contributed by atoms with E-state index in [1.54, 1.807) is 0 Å². The lowest BCUT2D eigenvalue weighted by Crippen LogP contribution is -2.15. The SMILES string of the molecule is Cc1ccc(NC(CC(=O)c2ccc(F)cc2)c2ccccc2)cc1. The Morgan fingerprint density at radius 2 is 1.56 bits per heavy atom. The maximum absolute atomic E-state index is 13.1. The molecule has 0 heterocycles. The standard InChI is InChI=1S/C22H20FNO/c1-16-7-13-20(14-8-16)24-21(17-5-3-2-4-6-17)15-22(25)18-9-11-19(23)12-10-18/h2-14,21,24H,15H2,1H3. The van der Waals surface area contributed by atoms with E-state index in [-0.39, 0.29) is 17.6 Å². The van der Waals surface area contributed by atoms with Gasteiger partial charge in [-0.2, -0.15) is 0 Å². The summed E-state index contributed by atoms with van der Waals surface area (Å²) in [6, 6.07) is 23.5. The van der Waals surface area contributed by atoms with E-state index in [0.717, 1.165) is 11.3 Å². The average Bonchev–Trinajstić information content (AvgIpc) is 2.64. The van der Waals surface area contributed by atoms with Gasteiger partial charge in [-0.15, -0.1) is 0 Å². The van der Waals surface area contributed by atoms with Gasteiger partial charge in [0, 0.05) is 17.7 Å². The van der Waals surface area contributed by atoms with Gasteiger partial charge in [0.15, 0.2) is 5.78 Å². The van der Waals surface area contributed by atoms with Crippen molar-refractivity contribution in [2.75, 3.05) is 5.32 Å². The number of hydrogen-bond donors (Lipinski definition) is 1. The number of hydrogen-bond acceptors (Lipinski definition) is 2. The van der Waals surface area contributed by atoms with Gasteiger partial charge in [0.1, 0.15) is 5.82 Å². The number of rotatable bonds is 6. The van der Waals surface area contributed by atoms with Crippen LogP contribution in [-0.4, -0.2) is 5.78 Å². The Hall–Kier alpha value is -2.94. The monoisotopic (exact) mass is 333 g/mol. The Kier molecular flexibility index (Phi) is 5.24.